The van der Waals surface area contributed by atoms with Crippen molar-refractivity contribution in [1.29, 1.82) is 0 Å². The van der Waals surface area contributed by atoms with Crippen LogP contribution >= 0.6 is 11.8 Å². The monoisotopic (exact) mass is 251 g/mol. The van der Waals surface area contributed by atoms with Gasteiger partial charge in [0, 0.05) is 6.20 Å². The quantitative estimate of drug-likeness (QED) is 0.795. The summed E-state index contributed by atoms with van der Waals surface area (Å²) < 4.78 is 0. The van der Waals surface area contributed by atoms with E-state index in [2.05, 4.69) is 20.4 Å². The van der Waals surface area contributed by atoms with E-state index >= 15 is 0 Å². The maximum atomic E-state index is 10.8. The van der Waals surface area contributed by atoms with Crippen LogP contribution in [0.1, 0.15) is 16.2 Å². The van der Waals surface area contributed by atoms with E-state index in [0.29, 0.717) is 16.6 Å². The van der Waals surface area contributed by atoms with Crippen LogP contribution in [0, 0.1) is 0 Å². The van der Waals surface area contributed by atoms with Crippen LogP contribution in [0.4, 0.5) is 0 Å². The van der Waals surface area contributed by atoms with Crippen molar-refractivity contribution in [3.8, 4) is 0 Å². The Morgan fingerprint density at radius 2 is 2.41 bits per heavy atom. The van der Waals surface area contributed by atoms with Crippen LogP contribution in [0.25, 0.3) is 0 Å². The first-order valence-electron chi connectivity index (χ1n) is 4.70. The summed E-state index contributed by atoms with van der Waals surface area (Å²) in [5.41, 5.74) is 0.217. The van der Waals surface area contributed by atoms with Gasteiger partial charge in [0.2, 0.25) is 0 Å². The fourth-order valence-electron chi connectivity index (χ4n) is 1.14. The number of carboxylic acid groups (broad SMARTS) is 1. The lowest BCUT2D eigenvalue weighted by atomic mass is 10.3. The number of pyridine rings is 1. The number of tetrazole rings is 1. The third kappa shape index (κ3) is 3.00. The lowest BCUT2D eigenvalue weighted by Crippen LogP contribution is -1.97. The Balaban J connectivity index is 2.04. The molecule has 2 aromatic rings. The van der Waals surface area contributed by atoms with Gasteiger partial charge in [0.05, 0.1) is 23.4 Å². The normalized spacial score (nSPS) is 10.4. The summed E-state index contributed by atoms with van der Waals surface area (Å²) >= 11 is 1.37. The fourth-order valence-corrected chi connectivity index (χ4v) is 1.88. The second kappa shape index (κ2) is 4.91. The van der Waals surface area contributed by atoms with Gasteiger partial charge in [-0.2, -0.15) is 4.80 Å². The molecule has 0 saturated heterocycles. The van der Waals surface area contributed by atoms with Crippen LogP contribution in [0.3, 0.4) is 0 Å². The Morgan fingerprint density at radius 3 is 3.06 bits per heavy atom. The van der Waals surface area contributed by atoms with Crippen LogP contribution < -0.4 is 0 Å². The van der Waals surface area contributed by atoms with Crippen molar-refractivity contribution in [3.63, 3.8) is 0 Å². The minimum atomic E-state index is -0.966. The average molecular weight is 251 g/mol. The van der Waals surface area contributed by atoms with Crippen LogP contribution in [0.15, 0.2) is 23.4 Å². The number of nitrogens with zero attached hydrogens (tertiary/aromatic N) is 5. The van der Waals surface area contributed by atoms with Crippen LogP contribution in [-0.4, -0.2) is 36.3 Å². The summed E-state index contributed by atoms with van der Waals surface area (Å²) in [6.07, 6.45) is 1.47. The Hall–Kier alpha value is -1.96. The molecule has 88 valence electrons. The maximum absolute atomic E-state index is 10.8. The summed E-state index contributed by atoms with van der Waals surface area (Å²) in [4.78, 5) is 16.2. The van der Waals surface area contributed by atoms with Crippen LogP contribution in [-0.2, 0) is 12.8 Å². The third-order valence-electron chi connectivity index (χ3n) is 1.88. The van der Waals surface area contributed by atoms with E-state index in [1.54, 1.807) is 7.05 Å². The Kier molecular flexibility index (Phi) is 3.33. The maximum Gasteiger partial charge on any atom is 0.335 e. The molecule has 0 fully saturated rings. The van der Waals surface area contributed by atoms with Crippen molar-refractivity contribution in [2.75, 3.05) is 0 Å². The molecule has 0 aliphatic carbocycles. The molecule has 7 nitrogen and oxygen atoms in total. The number of rotatable bonds is 4. The SMILES string of the molecule is Cn1nnc(CSc2cc(C(=O)O)ccn2)n1. The largest absolute Gasteiger partial charge is 0.478 e. The molecule has 0 spiro atoms. The molecule has 0 aliphatic rings. The number of carboxylic acids is 1. The Labute approximate surface area is 101 Å². The average Bonchev–Trinajstić information content (AvgIpc) is 2.73. The summed E-state index contributed by atoms with van der Waals surface area (Å²) in [5.74, 6) is 0.121. The molecule has 0 amide bonds. The molecule has 0 atom stereocenters. The molecule has 8 heteroatoms. The molecule has 0 saturated carbocycles. The summed E-state index contributed by atoms with van der Waals surface area (Å²) in [6.45, 7) is 0. The highest BCUT2D eigenvalue weighted by atomic mass is 32.2. The highest BCUT2D eigenvalue weighted by Crippen LogP contribution is 2.19. The van der Waals surface area contributed by atoms with Crippen molar-refractivity contribution in [2.45, 2.75) is 10.8 Å². The number of hydrogen-bond acceptors (Lipinski definition) is 6. The number of aryl methyl sites for hydroxylation is 1. The Bertz CT molecular complexity index is 542. The van der Waals surface area contributed by atoms with Crippen LogP contribution in [0.5, 0.6) is 0 Å². The molecular weight excluding hydrogens is 242 g/mol. The van der Waals surface area contributed by atoms with E-state index in [-0.39, 0.29) is 5.56 Å². The van der Waals surface area contributed by atoms with E-state index < -0.39 is 5.97 Å². The van der Waals surface area contributed by atoms with Crippen LogP contribution in [0.2, 0.25) is 0 Å². The molecule has 0 bridgehead atoms. The molecule has 2 rings (SSSR count). The molecule has 2 aromatic heterocycles. The summed E-state index contributed by atoms with van der Waals surface area (Å²) in [7, 11) is 1.68. The third-order valence-corrected chi connectivity index (χ3v) is 2.80. The lowest BCUT2D eigenvalue weighted by molar-refractivity contribution is 0.0696. The molecule has 1 N–H and O–H groups in total. The predicted molar refractivity (Wildman–Crippen MR) is 59.6 cm³/mol. The number of carbonyl (C=O) groups is 1. The lowest BCUT2D eigenvalue weighted by Gasteiger charge is -1.99. The van der Waals surface area contributed by atoms with Gasteiger partial charge in [-0.15, -0.1) is 10.2 Å². The fraction of sp³-hybridized carbons (Fsp3) is 0.222. The second-order valence-electron chi connectivity index (χ2n) is 3.17. The summed E-state index contributed by atoms with van der Waals surface area (Å²) in [5, 5.41) is 21.0. The van der Waals surface area contributed by atoms with Crippen molar-refractivity contribution in [1.82, 2.24) is 25.2 Å². The van der Waals surface area contributed by atoms with Gasteiger partial charge in [0.25, 0.3) is 0 Å². The Morgan fingerprint density at radius 1 is 1.59 bits per heavy atom. The van der Waals surface area contributed by atoms with E-state index in [1.807, 2.05) is 0 Å². The van der Waals surface area contributed by atoms with E-state index in [1.165, 1.54) is 34.9 Å². The van der Waals surface area contributed by atoms with Gasteiger partial charge in [-0.1, -0.05) is 11.8 Å². The zero-order valence-corrected chi connectivity index (χ0v) is 9.76. The zero-order valence-electron chi connectivity index (χ0n) is 8.94. The first-order valence-corrected chi connectivity index (χ1v) is 5.69. The molecular formula is C9H9N5O2S. The molecule has 17 heavy (non-hydrogen) atoms. The molecule has 2 heterocycles. The zero-order chi connectivity index (χ0) is 12.3. The van der Waals surface area contributed by atoms with Gasteiger partial charge in [0.15, 0.2) is 5.82 Å². The first kappa shape index (κ1) is 11.5. The molecule has 0 aliphatic heterocycles. The highest BCUT2D eigenvalue weighted by molar-refractivity contribution is 7.98. The topological polar surface area (TPSA) is 93.8 Å². The first-order chi connectivity index (χ1) is 8.15. The van der Waals surface area contributed by atoms with Gasteiger partial charge in [-0.3, -0.25) is 0 Å². The van der Waals surface area contributed by atoms with Crippen molar-refractivity contribution < 1.29 is 9.90 Å². The van der Waals surface area contributed by atoms with Crippen molar-refractivity contribution in [3.05, 3.63) is 29.7 Å². The van der Waals surface area contributed by atoms with E-state index in [0.717, 1.165) is 0 Å². The molecule has 0 radical (unpaired) electrons. The van der Waals surface area contributed by atoms with E-state index in [4.69, 9.17) is 5.11 Å². The smallest absolute Gasteiger partial charge is 0.335 e. The minimum absolute atomic E-state index is 0.217. The number of aromatic carboxylic acids is 1. The van der Waals surface area contributed by atoms with Gasteiger partial charge >= 0.3 is 5.97 Å². The number of thioether (sulfide) groups is 1. The standard InChI is InChI=1S/C9H9N5O2S/c1-14-12-7(11-13-14)5-17-8-4-6(9(15)16)2-3-10-8/h2-4H,5H2,1H3,(H,15,16). The van der Waals surface area contributed by atoms with Crippen molar-refractivity contribution in [2.24, 2.45) is 7.05 Å². The van der Waals surface area contributed by atoms with Gasteiger partial charge in [-0.25, -0.2) is 9.78 Å². The molecule has 0 unspecified atom stereocenters. The van der Waals surface area contributed by atoms with Gasteiger partial charge in [0.1, 0.15) is 0 Å². The van der Waals surface area contributed by atoms with Gasteiger partial charge < -0.3 is 5.11 Å². The van der Waals surface area contributed by atoms with Gasteiger partial charge in [-0.05, 0) is 17.3 Å². The minimum Gasteiger partial charge on any atom is -0.478 e. The summed E-state index contributed by atoms with van der Waals surface area (Å²) in [6, 6.07) is 2.97. The molecule has 0 aromatic carbocycles. The van der Waals surface area contributed by atoms with Crippen molar-refractivity contribution >= 4 is 17.7 Å². The number of aromatic nitrogens is 5. The number of hydrogen-bond donors (Lipinski definition) is 1. The van der Waals surface area contributed by atoms with E-state index in [9.17, 15) is 4.79 Å². The highest BCUT2D eigenvalue weighted by Gasteiger charge is 2.06. The second-order valence-corrected chi connectivity index (χ2v) is 4.17. The predicted octanol–water partition coefficient (Wildman–Crippen LogP) is 0.596.